The third-order valence-electron chi connectivity index (χ3n) is 3.22. The van der Waals surface area contributed by atoms with Gasteiger partial charge in [-0.1, -0.05) is 18.2 Å². The van der Waals surface area contributed by atoms with Gasteiger partial charge in [0.15, 0.2) is 0 Å². The second-order valence-corrected chi connectivity index (χ2v) is 5.81. The lowest BCUT2D eigenvalue weighted by atomic mass is 10.2. The first-order chi connectivity index (χ1) is 8.34. The molecule has 1 atom stereocenters. The minimum atomic E-state index is 0.320. The van der Waals surface area contributed by atoms with Gasteiger partial charge in [-0.15, -0.1) is 11.8 Å². The van der Waals surface area contributed by atoms with Crippen LogP contribution >= 0.6 is 11.8 Å². The molecule has 0 amide bonds. The van der Waals surface area contributed by atoms with Gasteiger partial charge in [-0.2, -0.15) is 0 Å². The third kappa shape index (κ3) is 4.70. The van der Waals surface area contributed by atoms with Crippen LogP contribution in [0, 0.1) is 0 Å². The highest BCUT2D eigenvalue weighted by atomic mass is 32.2. The number of benzene rings is 1. The molecule has 1 unspecified atom stereocenters. The van der Waals surface area contributed by atoms with Crippen molar-refractivity contribution in [1.82, 2.24) is 4.90 Å². The number of nitrogens with two attached hydrogens (primary N) is 1. The smallest absolute Gasteiger partial charge is 0.0146 e. The van der Waals surface area contributed by atoms with Crippen LogP contribution in [0.2, 0.25) is 0 Å². The van der Waals surface area contributed by atoms with Gasteiger partial charge in [0.1, 0.15) is 0 Å². The Morgan fingerprint density at radius 3 is 2.59 bits per heavy atom. The summed E-state index contributed by atoms with van der Waals surface area (Å²) < 4.78 is 0. The summed E-state index contributed by atoms with van der Waals surface area (Å²) >= 11 is 1.87. The van der Waals surface area contributed by atoms with E-state index in [9.17, 15) is 0 Å². The van der Waals surface area contributed by atoms with Gasteiger partial charge in [-0.05, 0) is 51.0 Å². The molecule has 1 aliphatic rings. The molecule has 0 radical (unpaired) electrons. The van der Waals surface area contributed by atoms with Gasteiger partial charge in [0.2, 0.25) is 0 Å². The first-order valence-electron chi connectivity index (χ1n) is 6.50. The summed E-state index contributed by atoms with van der Waals surface area (Å²) in [7, 11) is 0. The molecule has 1 aromatic carbocycles. The van der Waals surface area contributed by atoms with Crippen molar-refractivity contribution in [2.24, 2.45) is 5.73 Å². The minimum Gasteiger partial charge on any atom is -0.327 e. The molecule has 2 nitrogen and oxygen atoms in total. The van der Waals surface area contributed by atoms with E-state index < -0.39 is 0 Å². The van der Waals surface area contributed by atoms with E-state index in [-0.39, 0.29) is 0 Å². The SMILES string of the molecule is NC(CCN1CCCC1)CSc1ccccc1. The minimum absolute atomic E-state index is 0.320. The second-order valence-electron chi connectivity index (χ2n) is 4.72. The van der Waals surface area contributed by atoms with Crippen molar-refractivity contribution in [3.63, 3.8) is 0 Å². The highest BCUT2D eigenvalue weighted by Gasteiger charge is 2.12. The van der Waals surface area contributed by atoms with E-state index in [1.54, 1.807) is 0 Å². The molecule has 0 spiro atoms. The summed E-state index contributed by atoms with van der Waals surface area (Å²) in [6.45, 7) is 3.73. The van der Waals surface area contributed by atoms with Crippen LogP contribution < -0.4 is 5.73 Å². The molecule has 1 heterocycles. The van der Waals surface area contributed by atoms with E-state index in [0.717, 1.165) is 12.2 Å². The van der Waals surface area contributed by atoms with E-state index in [4.69, 9.17) is 5.73 Å². The Kier molecular flexibility index (Phi) is 5.36. The average molecular weight is 250 g/mol. The molecule has 94 valence electrons. The van der Waals surface area contributed by atoms with Crippen LogP contribution in [0.4, 0.5) is 0 Å². The maximum atomic E-state index is 6.15. The third-order valence-corrected chi connectivity index (χ3v) is 4.42. The number of hydrogen-bond donors (Lipinski definition) is 1. The Hall–Kier alpha value is -0.510. The van der Waals surface area contributed by atoms with Gasteiger partial charge in [-0.3, -0.25) is 0 Å². The molecule has 0 aromatic heterocycles. The van der Waals surface area contributed by atoms with E-state index in [1.165, 1.54) is 37.4 Å². The molecule has 17 heavy (non-hydrogen) atoms. The van der Waals surface area contributed by atoms with Crippen LogP contribution in [0.15, 0.2) is 35.2 Å². The topological polar surface area (TPSA) is 29.3 Å². The molecule has 0 aliphatic carbocycles. The molecule has 1 saturated heterocycles. The highest BCUT2D eigenvalue weighted by Crippen LogP contribution is 2.18. The van der Waals surface area contributed by atoms with Crippen molar-refractivity contribution >= 4 is 11.8 Å². The molecule has 1 aliphatic heterocycles. The number of thioether (sulfide) groups is 1. The standard InChI is InChI=1S/C14H22N2S/c15-13(8-11-16-9-4-5-10-16)12-17-14-6-2-1-3-7-14/h1-3,6-7,13H,4-5,8-12,15H2. The van der Waals surface area contributed by atoms with Gasteiger partial charge in [0.25, 0.3) is 0 Å². The fourth-order valence-electron chi connectivity index (χ4n) is 2.16. The van der Waals surface area contributed by atoms with Crippen LogP contribution in [0.5, 0.6) is 0 Å². The van der Waals surface area contributed by atoms with Crippen LogP contribution in [-0.4, -0.2) is 36.3 Å². The summed E-state index contributed by atoms with van der Waals surface area (Å²) in [5.41, 5.74) is 6.15. The number of hydrogen-bond acceptors (Lipinski definition) is 3. The van der Waals surface area contributed by atoms with Gasteiger partial charge >= 0.3 is 0 Å². The van der Waals surface area contributed by atoms with Crippen molar-refractivity contribution in [2.75, 3.05) is 25.4 Å². The molecule has 1 fully saturated rings. The Morgan fingerprint density at radius 2 is 1.88 bits per heavy atom. The largest absolute Gasteiger partial charge is 0.327 e. The van der Waals surface area contributed by atoms with Gasteiger partial charge in [0, 0.05) is 16.7 Å². The van der Waals surface area contributed by atoms with E-state index in [2.05, 4.69) is 35.2 Å². The summed E-state index contributed by atoms with van der Waals surface area (Å²) in [6.07, 6.45) is 3.86. The lowest BCUT2D eigenvalue weighted by Gasteiger charge is -2.17. The van der Waals surface area contributed by atoms with Crippen LogP contribution in [-0.2, 0) is 0 Å². The summed E-state index contributed by atoms with van der Waals surface area (Å²) in [4.78, 5) is 3.86. The fraction of sp³-hybridized carbons (Fsp3) is 0.571. The highest BCUT2D eigenvalue weighted by molar-refractivity contribution is 7.99. The maximum Gasteiger partial charge on any atom is 0.0146 e. The van der Waals surface area contributed by atoms with Crippen molar-refractivity contribution in [3.8, 4) is 0 Å². The second kappa shape index (κ2) is 7.04. The zero-order valence-corrected chi connectivity index (χ0v) is 11.2. The zero-order chi connectivity index (χ0) is 11.9. The molecule has 0 saturated carbocycles. The van der Waals surface area contributed by atoms with Crippen LogP contribution in [0.1, 0.15) is 19.3 Å². The average Bonchev–Trinajstić information content (AvgIpc) is 2.88. The Bertz CT molecular complexity index is 309. The number of likely N-dealkylation sites (tertiary alicyclic amines) is 1. The predicted molar refractivity (Wildman–Crippen MR) is 75.4 cm³/mol. The predicted octanol–water partition coefficient (Wildman–Crippen LogP) is 2.59. The van der Waals surface area contributed by atoms with Gasteiger partial charge in [0.05, 0.1) is 0 Å². The quantitative estimate of drug-likeness (QED) is 0.787. The monoisotopic (exact) mass is 250 g/mol. The van der Waals surface area contributed by atoms with E-state index in [1.807, 2.05) is 11.8 Å². The number of rotatable bonds is 6. The van der Waals surface area contributed by atoms with Crippen LogP contribution in [0.3, 0.4) is 0 Å². The van der Waals surface area contributed by atoms with Crippen molar-refractivity contribution in [3.05, 3.63) is 30.3 Å². The molecular formula is C14H22N2S. The zero-order valence-electron chi connectivity index (χ0n) is 10.3. The Balaban J connectivity index is 1.62. The first-order valence-corrected chi connectivity index (χ1v) is 7.49. The summed E-state index contributed by atoms with van der Waals surface area (Å²) in [6, 6.07) is 10.8. The van der Waals surface area contributed by atoms with E-state index >= 15 is 0 Å². The van der Waals surface area contributed by atoms with Gasteiger partial charge in [-0.25, -0.2) is 0 Å². The van der Waals surface area contributed by atoms with Crippen molar-refractivity contribution < 1.29 is 0 Å². The Labute approximate surface area is 109 Å². The summed E-state index contributed by atoms with van der Waals surface area (Å²) in [5.74, 6) is 1.03. The lowest BCUT2D eigenvalue weighted by Crippen LogP contribution is -2.30. The van der Waals surface area contributed by atoms with Crippen molar-refractivity contribution in [2.45, 2.75) is 30.2 Å². The van der Waals surface area contributed by atoms with Gasteiger partial charge < -0.3 is 10.6 Å². The fourth-order valence-corrected chi connectivity index (χ4v) is 3.08. The van der Waals surface area contributed by atoms with Crippen molar-refractivity contribution in [1.29, 1.82) is 0 Å². The molecule has 0 bridgehead atoms. The molecule has 2 rings (SSSR count). The lowest BCUT2D eigenvalue weighted by molar-refractivity contribution is 0.325. The Morgan fingerprint density at radius 1 is 1.18 bits per heavy atom. The normalized spacial score (nSPS) is 18.4. The maximum absolute atomic E-state index is 6.15. The first kappa shape index (κ1) is 12.9. The van der Waals surface area contributed by atoms with E-state index in [0.29, 0.717) is 6.04 Å². The summed E-state index contributed by atoms with van der Waals surface area (Å²) in [5, 5.41) is 0. The molecule has 3 heteroatoms. The molecule has 2 N–H and O–H groups in total. The molecule has 1 aromatic rings. The van der Waals surface area contributed by atoms with Crippen LogP contribution in [0.25, 0.3) is 0 Å². The molecular weight excluding hydrogens is 228 g/mol. The number of nitrogens with zero attached hydrogens (tertiary/aromatic N) is 1.